The molecule has 5 atom stereocenters. The number of hydrogen-bond acceptors (Lipinski definition) is 14. The Labute approximate surface area is 490 Å². The maximum Gasteiger partial charge on any atom is 0.472 e. The van der Waals surface area contributed by atoms with Crippen LogP contribution in [0, 0.1) is 0 Å². The predicted octanol–water partition coefficient (Wildman–Crippen LogP) is 16.4. The van der Waals surface area contributed by atoms with Crippen molar-refractivity contribution in [3.05, 3.63) is 72.9 Å². The summed E-state index contributed by atoms with van der Waals surface area (Å²) in [6.07, 6.45) is 56.9. The first-order valence-corrected chi connectivity index (χ1v) is 34.2. The molecule has 4 N–H and O–H groups in total. The largest absolute Gasteiger partial charge is 0.472 e. The van der Waals surface area contributed by atoms with E-state index in [1.807, 2.05) is 0 Å². The second-order valence-corrected chi connectivity index (χ2v) is 23.8. The van der Waals surface area contributed by atoms with Gasteiger partial charge in [-0.2, -0.15) is 0 Å². The van der Waals surface area contributed by atoms with Crippen LogP contribution >= 0.6 is 15.6 Å². The highest BCUT2D eigenvalue weighted by Crippen LogP contribution is 2.45. The maximum atomic E-state index is 12.8. The van der Waals surface area contributed by atoms with Gasteiger partial charge < -0.3 is 34.2 Å². The molecule has 0 aliphatic heterocycles. The maximum absolute atomic E-state index is 12.8. The normalized spacial score (nSPS) is 14.9. The Morgan fingerprint density at radius 2 is 0.642 bits per heavy atom. The van der Waals surface area contributed by atoms with Gasteiger partial charge in [0.15, 0.2) is 6.10 Å². The first kappa shape index (κ1) is 78.0. The van der Waals surface area contributed by atoms with Crippen LogP contribution in [0.2, 0.25) is 0 Å². The van der Waals surface area contributed by atoms with E-state index < -0.39 is 91.5 Å². The molecule has 0 spiro atoms. The molecule has 5 unspecified atom stereocenters. The van der Waals surface area contributed by atoms with E-state index in [1.165, 1.54) is 64.2 Å². The van der Waals surface area contributed by atoms with E-state index >= 15 is 0 Å². The molecule has 0 amide bonds. The van der Waals surface area contributed by atoms with Crippen LogP contribution in [0.15, 0.2) is 72.9 Å². The third-order valence-corrected chi connectivity index (χ3v) is 14.8. The van der Waals surface area contributed by atoms with Crippen LogP contribution in [0.5, 0.6) is 0 Å². The van der Waals surface area contributed by atoms with E-state index in [2.05, 4.69) is 93.7 Å². The number of phosphoric acid groups is 2. The lowest BCUT2D eigenvalue weighted by molar-refractivity contribution is -0.161. The number of unbranched alkanes of at least 4 members (excludes halogenated alkanes) is 24. The highest BCUT2D eigenvalue weighted by Gasteiger charge is 2.29. The minimum atomic E-state index is -4.91. The molecule has 0 aromatic carbocycles. The van der Waals surface area contributed by atoms with Crippen molar-refractivity contribution in [2.75, 3.05) is 39.6 Å². The van der Waals surface area contributed by atoms with Crippen LogP contribution in [0.25, 0.3) is 0 Å². The van der Waals surface area contributed by atoms with E-state index in [1.54, 1.807) is 0 Å². The number of aliphatic hydroxyl groups excluding tert-OH is 2. The summed E-state index contributed by atoms with van der Waals surface area (Å²) < 4.78 is 60.6. The van der Waals surface area contributed by atoms with Gasteiger partial charge >= 0.3 is 33.6 Å². The number of ether oxygens (including phenoxy) is 3. The molecule has 0 aliphatic rings. The van der Waals surface area contributed by atoms with Gasteiger partial charge in [0.1, 0.15) is 25.4 Å². The minimum Gasteiger partial charge on any atom is -0.463 e. The Bertz CT molecular complexity index is 1780. The number of aliphatic hydroxyl groups is 2. The fraction of sp³-hybridized carbons (Fsp3) is 0.762. The molecule has 0 fully saturated rings. The standard InChI is InChI=1S/C63H112O16P2/c1-4-7-10-13-16-19-22-24-25-26-27-28-29-30-31-33-36-37-40-43-46-49-61(66)73-52-58(64)53-75-80(69,70)76-54-59(65)55-77-81(71,72)78-57-60(79-63(68)51-48-45-42-39-34-21-18-15-12-9-6-3)56-74-62(67)50-47-44-41-38-35-32-23-20-17-14-11-8-5-2/h11,14,16,19-20,23-25,27-28,30-31,58-60,64-65H,4-10,12-13,15,17-18,21-22,26,29,32-57H2,1-3H3,(H,69,70)(H,71,72)/b14-11-,19-16-,23-20-,25-24-,28-27-,31-30-. The van der Waals surface area contributed by atoms with Crippen molar-refractivity contribution in [3.63, 3.8) is 0 Å². The molecule has 0 rings (SSSR count). The lowest BCUT2D eigenvalue weighted by Gasteiger charge is -2.21. The molecular formula is C63H112O16P2. The Morgan fingerprint density at radius 1 is 0.346 bits per heavy atom. The molecule has 0 saturated carbocycles. The molecule has 470 valence electrons. The fourth-order valence-corrected chi connectivity index (χ4v) is 9.65. The lowest BCUT2D eigenvalue weighted by Crippen LogP contribution is -2.30. The monoisotopic (exact) mass is 1190 g/mol. The topological polar surface area (TPSA) is 231 Å². The van der Waals surface area contributed by atoms with Crippen molar-refractivity contribution < 1.29 is 75.8 Å². The molecule has 0 aromatic heterocycles. The second-order valence-electron chi connectivity index (χ2n) is 20.9. The van der Waals surface area contributed by atoms with Gasteiger partial charge in [-0.3, -0.25) is 32.5 Å². The van der Waals surface area contributed by atoms with Crippen molar-refractivity contribution in [1.82, 2.24) is 0 Å². The van der Waals surface area contributed by atoms with Gasteiger partial charge in [-0.25, -0.2) is 9.13 Å². The Kier molecular flexibility index (Phi) is 55.3. The van der Waals surface area contributed by atoms with Gasteiger partial charge in [0.05, 0.1) is 26.4 Å². The number of phosphoric ester groups is 2. The number of allylic oxidation sites excluding steroid dienone is 12. The summed E-state index contributed by atoms with van der Waals surface area (Å²) in [5.74, 6) is -1.60. The zero-order valence-electron chi connectivity index (χ0n) is 50.4. The molecule has 0 radical (unpaired) electrons. The van der Waals surface area contributed by atoms with Gasteiger partial charge in [0.25, 0.3) is 0 Å². The summed E-state index contributed by atoms with van der Waals surface area (Å²) in [5, 5.41) is 20.5. The number of carbonyl (C=O) groups is 3. The summed E-state index contributed by atoms with van der Waals surface area (Å²) in [6.45, 7) is 2.51. The number of hydrogen-bond donors (Lipinski definition) is 4. The summed E-state index contributed by atoms with van der Waals surface area (Å²) in [5.41, 5.74) is 0. The van der Waals surface area contributed by atoms with Crippen LogP contribution < -0.4 is 0 Å². The van der Waals surface area contributed by atoms with Crippen LogP contribution in [0.4, 0.5) is 0 Å². The molecule has 0 aromatic rings. The smallest absolute Gasteiger partial charge is 0.463 e. The Balaban J connectivity index is 4.58. The molecule has 0 bridgehead atoms. The first-order chi connectivity index (χ1) is 39.2. The van der Waals surface area contributed by atoms with Crippen LogP contribution in [0.1, 0.15) is 252 Å². The number of carbonyl (C=O) groups excluding carboxylic acids is 3. The lowest BCUT2D eigenvalue weighted by atomic mass is 10.1. The zero-order valence-corrected chi connectivity index (χ0v) is 52.2. The summed E-state index contributed by atoms with van der Waals surface area (Å²) in [7, 11) is -9.76. The highest BCUT2D eigenvalue weighted by molar-refractivity contribution is 7.47. The third-order valence-electron chi connectivity index (χ3n) is 12.9. The van der Waals surface area contributed by atoms with Crippen LogP contribution in [-0.2, 0) is 55.8 Å². The van der Waals surface area contributed by atoms with E-state index in [0.29, 0.717) is 19.3 Å². The average molecular weight is 1190 g/mol. The van der Waals surface area contributed by atoms with E-state index in [4.69, 9.17) is 32.3 Å². The van der Waals surface area contributed by atoms with E-state index in [9.17, 15) is 43.5 Å². The van der Waals surface area contributed by atoms with Crippen molar-refractivity contribution in [3.8, 4) is 0 Å². The Morgan fingerprint density at radius 3 is 1.05 bits per heavy atom. The van der Waals surface area contributed by atoms with Gasteiger partial charge in [0, 0.05) is 19.3 Å². The minimum absolute atomic E-state index is 0.104. The van der Waals surface area contributed by atoms with Crippen molar-refractivity contribution in [2.45, 2.75) is 270 Å². The molecule has 16 nitrogen and oxygen atoms in total. The Hall–Kier alpha value is -3.01. The molecule has 81 heavy (non-hydrogen) atoms. The van der Waals surface area contributed by atoms with Crippen LogP contribution in [0.3, 0.4) is 0 Å². The number of rotatable bonds is 59. The highest BCUT2D eigenvalue weighted by atomic mass is 31.2. The summed E-state index contributed by atoms with van der Waals surface area (Å²) in [4.78, 5) is 58.0. The summed E-state index contributed by atoms with van der Waals surface area (Å²) in [6, 6.07) is 0. The second kappa shape index (κ2) is 57.4. The zero-order chi connectivity index (χ0) is 59.6. The average Bonchev–Trinajstić information content (AvgIpc) is 3.44. The SMILES string of the molecule is CCC/C=C\C/C=C\CCCCCCCC(=O)OCC(COP(=O)(O)OCC(O)COP(=O)(O)OCC(O)COC(=O)CCCCCCC/C=C\C/C=C\C/C=C\C/C=C\CCCCC)OC(=O)CCCCCCCCCCCCC. The predicted molar refractivity (Wildman–Crippen MR) is 325 cm³/mol. The van der Waals surface area contributed by atoms with Gasteiger partial charge in [-0.05, 0) is 89.9 Å². The van der Waals surface area contributed by atoms with Crippen molar-refractivity contribution in [2.24, 2.45) is 0 Å². The third kappa shape index (κ3) is 58.6. The van der Waals surface area contributed by atoms with E-state index in [-0.39, 0.29) is 19.3 Å². The summed E-state index contributed by atoms with van der Waals surface area (Å²) >= 11 is 0. The first-order valence-electron chi connectivity index (χ1n) is 31.2. The van der Waals surface area contributed by atoms with Gasteiger partial charge in [-0.15, -0.1) is 0 Å². The molecule has 0 aliphatic carbocycles. The molecular weight excluding hydrogens is 1070 g/mol. The van der Waals surface area contributed by atoms with Gasteiger partial charge in [0.2, 0.25) is 0 Å². The van der Waals surface area contributed by atoms with Crippen molar-refractivity contribution in [1.29, 1.82) is 0 Å². The fourth-order valence-electron chi connectivity index (χ4n) is 8.06. The molecule has 18 heteroatoms. The quantitative estimate of drug-likeness (QED) is 0.0146. The van der Waals surface area contributed by atoms with Gasteiger partial charge in [-0.1, -0.05) is 216 Å². The van der Waals surface area contributed by atoms with E-state index in [0.717, 1.165) is 128 Å². The number of esters is 3. The van der Waals surface area contributed by atoms with Crippen molar-refractivity contribution >= 4 is 33.6 Å². The molecule has 0 heterocycles. The van der Waals surface area contributed by atoms with Crippen LogP contribution in [-0.4, -0.2) is 95.9 Å². The molecule has 0 saturated heterocycles.